The second kappa shape index (κ2) is 5.97. The van der Waals surface area contributed by atoms with Crippen molar-refractivity contribution in [1.29, 1.82) is 0 Å². The number of hydrogen-bond acceptors (Lipinski definition) is 3. The molecule has 5 heteroatoms. The SMILES string of the molecule is CCN(C(=O)c1cccc([N+](=O)[O-])c1)c1ccccc1. The number of nitro benzene ring substituents is 1. The summed E-state index contributed by atoms with van der Waals surface area (Å²) in [6.45, 7) is 2.35. The zero-order valence-electron chi connectivity index (χ0n) is 11.0. The molecule has 0 aliphatic rings. The summed E-state index contributed by atoms with van der Waals surface area (Å²) in [6, 6.07) is 15.0. The summed E-state index contributed by atoms with van der Waals surface area (Å²) in [4.78, 5) is 24.3. The topological polar surface area (TPSA) is 63.5 Å². The molecule has 1 amide bonds. The van der Waals surface area contributed by atoms with Crippen molar-refractivity contribution < 1.29 is 9.72 Å². The van der Waals surface area contributed by atoms with Gasteiger partial charge in [-0.15, -0.1) is 0 Å². The van der Waals surface area contributed by atoms with Gasteiger partial charge >= 0.3 is 0 Å². The first-order valence-corrected chi connectivity index (χ1v) is 6.25. The van der Waals surface area contributed by atoms with Gasteiger partial charge in [-0.05, 0) is 25.1 Å². The molecule has 0 fully saturated rings. The van der Waals surface area contributed by atoms with Crippen LogP contribution in [-0.4, -0.2) is 17.4 Å². The van der Waals surface area contributed by atoms with Gasteiger partial charge in [0.05, 0.1) is 4.92 Å². The molecule has 0 aromatic heterocycles. The fourth-order valence-corrected chi connectivity index (χ4v) is 1.96. The second-order valence-electron chi connectivity index (χ2n) is 4.19. The van der Waals surface area contributed by atoms with Gasteiger partial charge in [0.15, 0.2) is 0 Å². The number of benzene rings is 2. The molecule has 0 bridgehead atoms. The standard InChI is InChI=1S/C15H14N2O3/c1-2-16(13-8-4-3-5-9-13)15(18)12-7-6-10-14(11-12)17(19)20/h3-11H,2H2,1H3. The summed E-state index contributed by atoms with van der Waals surface area (Å²) in [5, 5.41) is 10.8. The highest BCUT2D eigenvalue weighted by Crippen LogP contribution is 2.19. The number of hydrogen-bond donors (Lipinski definition) is 0. The largest absolute Gasteiger partial charge is 0.309 e. The maximum Gasteiger partial charge on any atom is 0.270 e. The van der Waals surface area contributed by atoms with E-state index in [1.165, 1.54) is 18.2 Å². The summed E-state index contributed by atoms with van der Waals surface area (Å²) in [6.07, 6.45) is 0. The van der Waals surface area contributed by atoms with Crippen molar-refractivity contribution in [3.63, 3.8) is 0 Å². The summed E-state index contributed by atoms with van der Waals surface area (Å²) in [7, 11) is 0. The van der Waals surface area contributed by atoms with E-state index in [2.05, 4.69) is 0 Å². The Morgan fingerprint density at radius 2 is 1.85 bits per heavy atom. The quantitative estimate of drug-likeness (QED) is 0.632. The molecule has 0 aliphatic carbocycles. The lowest BCUT2D eigenvalue weighted by atomic mass is 10.1. The molecule has 5 nitrogen and oxygen atoms in total. The molecular weight excluding hydrogens is 256 g/mol. The van der Waals surface area contributed by atoms with E-state index in [0.717, 1.165) is 5.69 Å². The Kier molecular flexibility index (Phi) is 4.10. The van der Waals surface area contributed by atoms with Crippen LogP contribution in [0, 0.1) is 10.1 Å². The van der Waals surface area contributed by atoms with E-state index in [-0.39, 0.29) is 11.6 Å². The molecule has 0 unspecified atom stereocenters. The molecule has 102 valence electrons. The third-order valence-corrected chi connectivity index (χ3v) is 2.93. The normalized spacial score (nSPS) is 10.1. The van der Waals surface area contributed by atoms with Gasteiger partial charge in [0.2, 0.25) is 0 Å². The number of amides is 1. The molecule has 0 spiro atoms. The van der Waals surface area contributed by atoms with E-state index in [0.29, 0.717) is 12.1 Å². The van der Waals surface area contributed by atoms with Crippen molar-refractivity contribution in [2.24, 2.45) is 0 Å². The molecule has 0 N–H and O–H groups in total. The highest BCUT2D eigenvalue weighted by molar-refractivity contribution is 6.06. The second-order valence-corrected chi connectivity index (χ2v) is 4.19. The smallest absolute Gasteiger partial charge is 0.270 e. The third-order valence-electron chi connectivity index (χ3n) is 2.93. The van der Waals surface area contributed by atoms with Gasteiger partial charge in [-0.1, -0.05) is 24.3 Å². The van der Waals surface area contributed by atoms with Crippen LogP contribution in [0.2, 0.25) is 0 Å². The highest BCUT2D eigenvalue weighted by Gasteiger charge is 2.18. The minimum atomic E-state index is -0.504. The fraction of sp³-hybridized carbons (Fsp3) is 0.133. The van der Waals surface area contributed by atoms with Crippen molar-refractivity contribution in [2.45, 2.75) is 6.92 Å². The third kappa shape index (κ3) is 2.83. The van der Waals surface area contributed by atoms with Gasteiger partial charge in [-0.2, -0.15) is 0 Å². The van der Waals surface area contributed by atoms with E-state index < -0.39 is 4.92 Å². The minimum Gasteiger partial charge on any atom is -0.309 e. The predicted octanol–water partition coefficient (Wildman–Crippen LogP) is 3.26. The lowest BCUT2D eigenvalue weighted by Crippen LogP contribution is -2.30. The summed E-state index contributed by atoms with van der Waals surface area (Å²) in [5.74, 6) is -0.248. The molecule has 0 radical (unpaired) electrons. The number of para-hydroxylation sites is 1. The Bertz CT molecular complexity index is 626. The first-order chi connectivity index (χ1) is 9.63. The maximum atomic E-state index is 12.5. The number of nitrogens with zero attached hydrogens (tertiary/aromatic N) is 2. The average Bonchev–Trinajstić information content (AvgIpc) is 2.49. The number of carbonyl (C=O) groups excluding carboxylic acids is 1. The van der Waals surface area contributed by atoms with Crippen LogP contribution in [-0.2, 0) is 0 Å². The van der Waals surface area contributed by atoms with E-state index in [1.54, 1.807) is 11.0 Å². The lowest BCUT2D eigenvalue weighted by Gasteiger charge is -2.20. The first kappa shape index (κ1) is 13.7. The Morgan fingerprint density at radius 3 is 2.45 bits per heavy atom. The van der Waals surface area contributed by atoms with E-state index >= 15 is 0 Å². The molecule has 2 aromatic carbocycles. The van der Waals surface area contributed by atoms with Gasteiger partial charge in [0, 0.05) is 29.9 Å². The van der Waals surface area contributed by atoms with Crippen LogP contribution in [0.3, 0.4) is 0 Å². The Labute approximate surface area is 116 Å². The average molecular weight is 270 g/mol. The van der Waals surface area contributed by atoms with Crippen LogP contribution in [0.1, 0.15) is 17.3 Å². The molecule has 0 saturated carbocycles. The van der Waals surface area contributed by atoms with Gasteiger partial charge in [0.1, 0.15) is 0 Å². The number of non-ortho nitro benzene ring substituents is 1. The molecule has 0 saturated heterocycles. The van der Waals surface area contributed by atoms with Gasteiger partial charge in [-0.25, -0.2) is 0 Å². The van der Waals surface area contributed by atoms with Crippen LogP contribution in [0.4, 0.5) is 11.4 Å². The van der Waals surface area contributed by atoms with Gasteiger partial charge in [-0.3, -0.25) is 14.9 Å². The van der Waals surface area contributed by atoms with Crippen LogP contribution in [0.5, 0.6) is 0 Å². The predicted molar refractivity (Wildman–Crippen MR) is 76.9 cm³/mol. The number of anilines is 1. The zero-order chi connectivity index (χ0) is 14.5. The van der Waals surface area contributed by atoms with Gasteiger partial charge < -0.3 is 4.90 Å². The number of carbonyl (C=O) groups is 1. The van der Waals surface area contributed by atoms with E-state index in [4.69, 9.17) is 0 Å². The van der Waals surface area contributed by atoms with Crippen LogP contribution in [0.15, 0.2) is 54.6 Å². The Morgan fingerprint density at radius 1 is 1.15 bits per heavy atom. The summed E-state index contributed by atoms with van der Waals surface area (Å²) < 4.78 is 0. The fourth-order valence-electron chi connectivity index (χ4n) is 1.96. The first-order valence-electron chi connectivity index (χ1n) is 6.25. The van der Waals surface area contributed by atoms with Crippen molar-refractivity contribution >= 4 is 17.3 Å². The van der Waals surface area contributed by atoms with Crippen LogP contribution >= 0.6 is 0 Å². The maximum absolute atomic E-state index is 12.5. The lowest BCUT2D eigenvalue weighted by molar-refractivity contribution is -0.384. The van der Waals surface area contributed by atoms with Crippen molar-refractivity contribution in [3.8, 4) is 0 Å². The summed E-state index contributed by atoms with van der Waals surface area (Å²) in [5.41, 5.74) is 0.997. The molecular formula is C15H14N2O3. The number of nitro groups is 1. The Hall–Kier alpha value is -2.69. The Balaban J connectivity index is 2.34. The highest BCUT2D eigenvalue weighted by atomic mass is 16.6. The van der Waals surface area contributed by atoms with Gasteiger partial charge in [0.25, 0.3) is 11.6 Å². The molecule has 0 heterocycles. The molecule has 0 aliphatic heterocycles. The molecule has 2 aromatic rings. The van der Waals surface area contributed by atoms with E-state index in [1.807, 2.05) is 37.3 Å². The van der Waals surface area contributed by atoms with Crippen molar-refractivity contribution in [2.75, 3.05) is 11.4 Å². The van der Waals surface area contributed by atoms with Crippen LogP contribution in [0.25, 0.3) is 0 Å². The van der Waals surface area contributed by atoms with Crippen molar-refractivity contribution in [1.82, 2.24) is 0 Å². The van der Waals surface area contributed by atoms with Crippen LogP contribution < -0.4 is 4.90 Å². The number of rotatable bonds is 4. The summed E-state index contributed by atoms with van der Waals surface area (Å²) >= 11 is 0. The molecule has 20 heavy (non-hydrogen) atoms. The van der Waals surface area contributed by atoms with Crippen molar-refractivity contribution in [3.05, 3.63) is 70.3 Å². The van der Waals surface area contributed by atoms with E-state index in [9.17, 15) is 14.9 Å². The molecule has 0 atom stereocenters. The zero-order valence-corrected chi connectivity index (χ0v) is 11.0. The minimum absolute atomic E-state index is 0.0834. The molecule has 2 rings (SSSR count). The monoisotopic (exact) mass is 270 g/mol.